The van der Waals surface area contributed by atoms with E-state index in [2.05, 4.69) is 25.8 Å². The van der Waals surface area contributed by atoms with Crippen LogP contribution in [0.25, 0.3) is 5.65 Å². The molecule has 0 amide bonds. The van der Waals surface area contributed by atoms with Crippen molar-refractivity contribution in [1.82, 2.24) is 19.8 Å². The van der Waals surface area contributed by atoms with Gasteiger partial charge in [-0.15, -0.1) is 15.3 Å². The lowest BCUT2D eigenvalue weighted by atomic mass is 10.2. The van der Waals surface area contributed by atoms with Gasteiger partial charge < -0.3 is 9.84 Å². The predicted molar refractivity (Wildman–Crippen MR) is 81.4 cm³/mol. The summed E-state index contributed by atoms with van der Waals surface area (Å²) in [6, 6.07) is 8.52. The smallest absolute Gasteiger partial charge is 0.178 e. The van der Waals surface area contributed by atoms with Crippen LogP contribution in [0.15, 0.2) is 35.4 Å². The lowest BCUT2D eigenvalue weighted by molar-refractivity contribution is 0.373. The zero-order chi connectivity index (χ0) is 15.5. The molecule has 0 atom stereocenters. The van der Waals surface area contributed by atoms with Gasteiger partial charge in [0, 0.05) is 0 Å². The quantitative estimate of drug-likeness (QED) is 0.561. The molecule has 0 fully saturated rings. The molecule has 0 aliphatic rings. The molecule has 112 valence electrons. The lowest BCUT2D eigenvalue weighted by Crippen LogP contribution is -2.00. The average Bonchev–Trinajstić information content (AvgIpc) is 2.90. The highest BCUT2D eigenvalue weighted by Gasteiger charge is 2.03. The fourth-order valence-electron chi connectivity index (χ4n) is 1.90. The number of hydrazone groups is 1. The molecule has 0 saturated heterocycles. The Morgan fingerprint density at radius 3 is 2.95 bits per heavy atom. The van der Waals surface area contributed by atoms with Gasteiger partial charge >= 0.3 is 0 Å². The van der Waals surface area contributed by atoms with Crippen LogP contribution >= 0.6 is 0 Å². The van der Waals surface area contributed by atoms with E-state index < -0.39 is 0 Å². The highest BCUT2D eigenvalue weighted by atomic mass is 16.5. The van der Waals surface area contributed by atoms with Crippen LogP contribution in [-0.4, -0.2) is 38.2 Å². The van der Waals surface area contributed by atoms with Crippen molar-refractivity contribution in [3.8, 4) is 11.5 Å². The molecule has 0 bridgehead atoms. The van der Waals surface area contributed by atoms with Crippen molar-refractivity contribution in [2.75, 3.05) is 12.5 Å². The monoisotopic (exact) mass is 298 g/mol. The van der Waals surface area contributed by atoms with Crippen molar-refractivity contribution in [3.63, 3.8) is 0 Å². The second-order valence-electron chi connectivity index (χ2n) is 4.54. The van der Waals surface area contributed by atoms with Crippen LogP contribution in [0.2, 0.25) is 0 Å². The number of rotatable bonds is 4. The highest BCUT2D eigenvalue weighted by molar-refractivity contribution is 5.81. The summed E-state index contributed by atoms with van der Waals surface area (Å²) < 4.78 is 6.67. The summed E-state index contributed by atoms with van der Waals surface area (Å²) in [6.07, 6.45) is 1.60. The van der Waals surface area contributed by atoms with Crippen molar-refractivity contribution in [2.24, 2.45) is 5.10 Å². The highest BCUT2D eigenvalue weighted by Crippen LogP contribution is 2.25. The Bertz CT molecular complexity index is 842. The lowest BCUT2D eigenvalue weighted by Gasteiger charge is -2.03. The van der Waals surface area contributed by atoms with Crippen molar-refractivity contribution < 1.29 is 9.84 Å². The van der Waals surface area contributed by atoms with Gasteiger partial charge in [-0.2, -0.15) is 9.62 Å². The van der Waals surface area contributed by atoms with Crippen molar-refractivity contribution in [1.29, 1.82) is 0 Å². The van der Waals surface area contributed by atoms with E-state index in [9.17, 15) is 5.11 Å². The van der Waals surface area contributed by atoms with E-state index in [0.717, 1.165) is 5.56 Å². The summed E-state index contributed by atoms with van der Waals surface area (Å²) >= 11 is 0. The van der Waals surface area contributed by atoms with Crippen LogP contribution in [0.5, 0.6) is 11.5 Å². The van der Waals surface area contributed by atoms with Gasteiger partial charge in [0.15, 0.2) is 28.8 Å². The van der Waals surface area contributed by atoms with Crippen LogP contribution in [-0.2, 0) is 0 Å². The van der Waals surface area contributed by atoms with Gasteiger partial charge in [-0.1, -0.05) is 0 Å². The number of aryl methyl sites for hydroxylation is 1. The Kier molecular flexibility index (Phi) is 3.57. The number of aromatic nitrogens is 4. The summed E-state index contributed by atoms with van der Waals surface area (Å²) in [5, 5.41) is 25.9. The normalized spacial score (nSPS) is 11.2. The minimum atomic E-state index is 0.0859. The number of methoxy groups -OCH3 is 1. The van der Waals surface area contributed by atoms with Crippen LogP contribution in [0, 0.1) is 6.92 Å². The first-order valence-electron chi connectivity index (χ1n) is 6.52. The van der Waals surface area contributed by atoms with E-state index in [0.29, 0.717) is 23.0 Å². The van der Waals surface area contributed by atoms with Gasteiger partial charge in [-0.3, -0.25) is 5.43 Å². The topological polar surface area (TPSA) is 96.9 Å². The van der Waals surface area contributed by atoms with Gasteiger partial charge in [0.25, 0.3) is 0 Å². The number of phenols is 1. The molecule has 0 aliphatic carbocycles. The Labute approximate surface area is 126 Å². The molecule has 0 radical (unpaired) electrons. The number of nitrogens with one attached hydrogen (secondary N) is 1. The first-order valence-corrected chi connectivity index (χ1v) is 6.52. The maximum absolute atomic E-state index is 9.53. The van der Waals surface area contributed by atoms with Crippen LogP contribution in [0.4, 0.5) is 5.82 Å². The zero-order valence-corrected chi connectivity index (χ0v) is 12.1. The molecule has 3 rings (SSSR count). The second-order valence-corrected chi connectivity index (χ2v) is 4.54. The van der Waals surface area contributed by atoms with E-state index >= 15 is 0 Å². The number of aromatic hydroxyl groups is 1. The first-order chi connectivity index (χ1) is 10.7. The first kappa shape index (κ1) is 13.8. The summed E-state index contributed by atoms with van der Waals surface area (Å²) in [6.45, 7) is 1.82. The predicted octanol–water partition coefficient (Wildman–Crippen LogP) is 1.59. The summed E-state index contributed by atoms with van der Waals surface area (Å²) in [5.74, 6) is 1.75. The van der Waals surface area contributed by atoms with E-state index in [1.165, 1.54) is 7.11 Å². The molecule has 2 heterocycles. The summed E-state index contributed by atoms with van der Waals surface area (Å²) in [5.41, 5.74) is 4.29. The third-order valence-electron chi connectivity index (χ3n) is 3.02. The summed E-state index contributed by atoms with van der Waals surface area (Å²) in [7, 11) is 1.49. The number of ether oxygens (including phenoxy) is 1. The standard InChI is InChI=1S/C14H14N6O2/c1-9-16-18-14-6-5-13(19-20(9)14)17-15-8-10-3-4-11(21)12(7-10)22-2/h3-8,21H,1-2H3,(H,17,19)/b15-8+. The minimum Gasteiger partial charge on any atom is -0.504 e. The molecule has 1 aromatic carbocycles. The maximum Gasteiger partial charge on any atom is 0.178 e. The van der Waals surface area contributed by atoms with E-state index in [4.69, 9.17) is 4.74 Å². The largest absolute Gasteiger partial charge is 0.504 e. The number of hydrogen-bond acceptors (Lipinski definition) is 7. The van der Waals surface area contributed by atoms with Crippen molar-refractivity contribution in [2.45, 2.75) is 6.92 Å². The molecular formula is C14H14N6O2. The van der Waals surface area contributed by atoms with E-state index in [-0.39, 0.29) is 5.75 Å². The van der Waals surface area contributed by atoms with Gasteiger partial charge in [-0.05, 0) is 42.8 Å². The van der Waals surface area contributed by atoms with E-state index in [1.807, 2.05) is 6.92 Å². The fourth-order valence-corrected chi connectivity index (χ4v) is 1.90. The van der Waals surface area contributed by atoms with Crippen molar-refractivity contribution >= 4 is 17.7 Å². The zero-order valence-electron chi connectivity index (χ0n) is 12.1. The third kappa shape index (κ3) is 2.66. The Balaban J connectivity index is 1.76. The van der Waals surface area contributed by atoms with Crippen LogP contribution in [0.3, 0.4) is 0 Å². The van der Waals surface area contributed by atoms with Gasteiger partial charge in [0.05, 0.1) is 13.3 Å². The molecule has 8 nitrogen and oxygen atoms in total. The van der Waals surface area contributed by atoms with Crippen LogP contribution < -0.4 is 10.2 Å². The van der Waals surface area contributed by atoms with Crippen LogP contribution in [0.1, 0.15) is 11.4 Å². The fraction of sp³-hybridized carbons (Fsp3) is 0.143. The molecule has 3 aromatic rings. The Morgan fingerprint density at radius 1 is 1.27 bits per heavy atom. The molecule has 0 saturated carbocycles. The van der Waals surface area contributed by atoms with Crippen molar-refractivity contribution in [3.05, 3.63) is 41.7 Å². The molecular weight excluding hydrogens is 284 g/mol. The molecule has 0 aliphatic heterocycles. The minimum absolute atomic E-state index is 0.0859. The van der Waals surface area contributed by atoms with Gasteiger partial charge in [-0.25, -0.2) is 0 Å². The molecule has 2 aromatic heterocycles. The Hall–Kier alpha value is -3.16. The molecule has 0 spiro atoms. The number of anilines is 1. The molecule has 2 N–H and O–H groups in total. The van der Waals surface area contributed by atoms with E-state index in [1.54, 1.807) is 41.1 Å². The SMILES string of the molecule is COc1cc(/C=N/Nc2ccc3nnc(C)n3n2)ccc1O. The molecule has 8 heteroatoms. The molecule has 0 unspecified atom stereocenters. The number of fused-ring (bicyclic) bond motifs is 1. The summed E-state index contributed by atoms with van der Waals surface area (Å²) in [4.78, 5) is 0. The Morgan fingerprint density at radius 2 is 2.14 bits per heavy atom. The third-order valence-corrected chi connectivity index (χ3v) is 3.02. The number of hydrogen-bond donors (Lipinski definition) is 2. The number of benzene rings is 1. The maximum atomic E-state index is 9.53. The second kappa shape index (κ2) is 5.68. The average molecular weight is 298 g/mol. The molecule has 22 heavy (non-hydrogen) atoms. The number of phenolic OH excluding ortho intramolecular Hbond substituents is 1. The van der Waals surface area contributed by atoms with Gasteiger partial charge in [0.2, 0.25) is 0 Å². The van der Waals surface area contributed by atoms with Gasteiger partial charge in [0.1, 0.15) is 0 Å². The number of nitrogens with zero attached hydrogens (tertiary/aromatic N) is 5.